The lowest BCUT2D eigenvalue weighted by molar-refractivity contribution is 0.299. The van der Waals surface area contributed by atoms with Crippen LogP contribution in [0.2, 0.25) is 0 Å². The van der Waals surface area contributed by atoms with Gasteiger partial charge in [-0.25, -0.2) is 21.8 Å². The summed E-state index contributed by atoms with van der Waals surface area (Å²) < 4.78 is 46.4. The number of sulfone groups is 2. The molecule has 0 spiro atoms. The molecule has 0 radical (unpaired) electrons. The molecule has 0 aromatic heterocycles. The van der Waals surface area contributed by atoms with Crippen LogP contribution in [0.25, 0.3) is 0 Å². The normalized spacial score (nSPS) is 18.0. The van der Waals surface area contributed by atoms with Crippen LogP contribution >= 0.6 is 0 Å². The van der Waals surface area contributed by atoms with Gasteiger partial charge in [-0.15, -0.1) is 0 Å². The van der Waals surface area contributed by atoms with Crippen molar-refractivity contribution < 1.29 is 16.8 Å². The summed E-state index contributed by atoms with van der Waals surface area (Å²) in [6.45, 7) is 7.49. The van der Waals surface area contributed by atoms with Crippen molar-refractivity contribution in [2.75, 3.05) is 50.5 Å². The van der Waals surface area contributed by atoms with Crippen molar-refractivity contribution in [3.05, 3.63) is 29.3 Å². The molecule has 1 aliphatic heterocycles. The van der Waals surface area contributed by atoms with Gasteiger partial charge in [-0.1, -0.05) is 12.1 Å². The second-order valence-electron chi connectivity index (χ2n) is 6.99. The van der Waals surface area contributed by atoms with Crippen LogP contribution < -0.4 is 10.6 Å². The van der Waals surface area contributed by atoms with Gasteiger partial charge in [0.1, 0.15) is 0 Å². The molecular weight excluding hydrogens is 400 g/mol. The Morgan fingerprint density at radius 3 is 2.46 bits per heavy atom. The lowest BCUT2D eigenvalue weighted by Crippen LogP contribution is -2.45. The number of aliphatic imine (C=N–C) groups is 1. The lowest BCUT2D eigenvalue weighted by Gasteiger charge is -2.26. The van der Waals surface area contributed by atoms with E-state index in [1.54, 1.807) is 19.1 Å². The summed E-state index contributed by atoms with van der Waals surface area (Å²) in [5, 5.41) is 6.44. The highest BCUT2D eigenvalue weighted by Crippen LogP contribution is 2.17. The zero-order chi connectivity index (χ0) is 20.8. The minimum atomic E-state index is -3.22. The first-order chi connectivity index (χ1) is 13.1. The van der Waals surface area contributed by atoms with Gasteiger partial charge in [0, 0.05) is 39.0 Å². The molecule has 0 aliphatic carbocycles. The summed E-state index contributed by atoms with van der Waals surface area (Å²) in [5.74, 6) is 1.13. The average molecular weight is 431 g/mol. The number of nitrogens with zero attached hydrogens (tertiary/aromatic N) is 2. The minimum Gasteiger partial charge on any atom is -0.357 e. The third-order valence-electron chi connectivity index (χ3n) is 4.56. The highest BCUT2D eigenvalue weighted by molar-refractivity contribution is 7.91. The first kappa shape index (κ1) is 22.6. The van der Waals surface area contributed by atoms with Crippen molar-refractivity contribution >= 4 is 25.6 Å². The van der Waals surface area contributed by atoms with Crippen molar-refractivity contribution in [1.82, 2.24) is 15.5 Å². The molecule has 2 rings (SSSR count). The number of guanidine groups is 1. The fraction of sp³-hybridized carbons (Fsp3) is 0.611. The van der Waals surface area contributed by atoms with Gasteiger partial charge < -0.3 is 10.6 Å². The Morgan fingerprint density at radius 2 is 1.89 bits per heavy atom. The maximum absolute atomic E-state index is 11.7. The molecule has 1 saturated heterocycles. The highest BCUT2D eigenvalue weighted by Gasteiger charge is 2.20. The molecule has 1 aliphatic rings. The summed E-state index contributed by atoms with van der Waals surface area (Å²) in [5.41, 5.74) is 1.65. The highest BCUT2D eigenvalue weighted by atomic mass is 32.2. The van der Waals surface area contributed by atoms with E-state index in [0.29, 0.717) is 42.6 Å². The number of hydrogen-bond acceptors (Lipinski definition) is 6. The zero-order valence-corrected chi connectivity index (χ0v) is 18.4. The van der Waals surface area contributed by atoms with Gasteiger partial charge >= 0.3 is 0 Å². The van der Waals surface area contributed by atoms with E-state index in [4.69, 9.17) is 0 Å². The monoisotopic (exact) mass is 430 g/mol. The molecule has 0 saturated carbocycles. The van der Waals surface area contributed by atoms with E-state index in [0.717, 1.165) is 18.7 Å². The second kappa shape index (κ2) is 9.71. The SMILES string of the molecule is CCNC(=NCc1ccc(S(C)(=O)=O)c(C)c1)NCCN1CCS(=O)(=O)CC1. The maximum Gasteiger partial charge on any atom is 0.191 e. The van der Waals surface area contributed by atoms with Crippen LogP contribution in [0.15, 0.2) is 28.1 Å². The molecule has 1 aromatic carbocycles. The summed E-state index contributed by atoms with van der Waals surface area (Å²) in [4.78, 5) is 7.02. The van der Waals surface area contributed by atoms with Crippen molar-refractivity contribution in [2.24, 2.45) is 4.99 Å². The predicted molar refractivity (Wildman–Crippen MR) is 112 cm³/mol. The number of aryl methyl sites for hydroxylation is 1. The number of benzene rings is 1. The molecule has 0 atom stereocenters. The topological polar surface area (TPSA) is 108 Å². The van der Waals surface area contributed by atoms with Crippen LogP contribution in [0.3, 0.4) is 0 Å². The summed E-state index contributed by atoms with van der Waals surface area (Å²) >= 11 is 0. The van der Waals surface area contributed by atoms with Crippen molar-refractivity contribution in [2.45, 2.75) is 25.3 Å². The van der Waals surface area contributed by atoms with Gasteiger partial charge in [-0.2, -0.15) is 0 Å². The van der Waals surface area contributed by atoms with Gasteiger partial charge in [0.05, 0.1) is 22.9 Å². The third-order valence-corrected chi connectivity index (χ3v) is 7.43. The zero-order valence-electron chi connectivity index (χ0n) is 16.7. The van der Waals surface area contributed by atoms with E-state index >= 15 is 0 Å². The number of hydrogen-bond donors (Lipinski definition) is 2. The van der Waals surface area contributed by atoms with Crippen molar-refractivity contribution in [3.63, 3.8) is 0 Å². The third kappa shape index (κ3) is 7.06. The summed E-state index contributed by atoms with van der Waals surface area (Å²) in [6, 6.07) is 5.25. The Kier molecular flexibility index (Phi) is 7.85. The quantitative estimate of drug-likeness (QED) is 0.469. The Balaban J connectivity index is 1.91. The predicted octanol–water partition coefficient (Wildman–Crippen LogP) is 0.184. The molecule has 28 heavy (non-hydrogen) atoms. The molecule has 0 bridgehead atoms. The van der Waals surface area contributed by atoms with E-state index in [9.17, 15) is 16.8 Å². The Morgan fingerprint density at radius 1 is 1.21 bits per heavy atom. The van der Waals surface area contributed by atoms with E-state index in [2.05, 4.69) is 20.5 Å². The number of nitrogens with one attached hydrogen (secondary N) is 2. The van der Waals surface area contributed by atoms with Crippen LogP contribution in [0.4, 0.5) is 0 Å². The molecule has 2 N–H and O–H groups in total. The average Bonchev–Trinajstić information content (AvgIpc) is 2.60. The standard InChI is InChI=1S/C18H30N4O4S2/c1-4-19-18(20-7-8-22-9-11-28(25,26)12-10-22)21-14-16-5-6-17(15(2)13-16)27(3,23)24/h5-6,13H,4,7-12,14H2,1-3H3,(H2,19,20,21). The Labute approximate surface area is 168 Å². The van der Waals surface area contributed by atoms with E-state index in [1.807, 2.05) is 13.0 Å². The summed E-state index contributed by atoms with van der Waals surface area (Å²) in [7, 11) is -6.08. The van der Waals surface area contributed by atoms with Crippen LogP contribution in [0, 0.1) is 6.92 Å². The molecule has 0 amide bonds. The van der Waals surface area contributed by atoms with Gasteiger partial charge in [0.2, 0.25) is 0 Å². The minimum absolute atomic E-state index is 0.226. The molecule has 8 nitrogen and oxygen atoms in total. The van der Waals surface area contributed by atoms with E-state index in [-0.39, 0.29) is 11.5 Å². The first-order valence-electron chi connectivity index (χ1n) is 9.35. The lowest BCUT2D eigenvalue weighted by atomic mass is 10.1. The molecular formula is C18H30N4O4S2. The van der Waals surface area contributed by atoms with Crippen LogP contribution in [-0.2, 0) is 26.2 Å². The van der Waals surface area contributed by atoms with Gasteiger partial charge in [-0.3, -0.25) is 4.90 Å². The Bertz CT molecular complexity index is 898. The van der Waals surface area contributed by atoms with Crippen molar-refractivity contribution in [1.29, 1.82) is 0 Å². The smallest absolute Gasteiger partial charge is 0.191 e. The van der Waals surface area contributed by atoms with Gasteiger partial charge in [-0.05, 0) is 31.0 Å². The Hall–Kier alpha value is -1.65. The van der Waals surface area contributed by atoms with Gasteiger partial charge in [0.15, 0.2) is 25.6 Å². The molecule has 0 unspecified atom stereocenters. The maximum atomic E-state index is 11.7. The van der Waals surface area contributed by atoms with E-state index in [1.165, 1.54) is 6.26 Å². The molecule has 1 aromatic rings. The molecule has 1 heterocycles. The summed E-state index contributed by atoms with van der Waals surface area (Å²) in [6.07, 6.45) is 1.21. The van der Waals surface area contributed by atoms with E-state index < -0.39 is 19.7 Å². The van der Waals surface area contributed by atoms with Crippen LogP contribution in [0.1, 0.15) is 18.1 Å². The first-order valence-corrected chi connectivity index (χ1v) is 13.1. The largest absolute Gasteiger partial charge is 0.357 e. The second-order valence-corrected chi connectivity index (χ2v) is 11.3. The number of rotatable bonds is 7. The fourth-order valence-corrected chi connectivity index (χ4v) is 5.28. The molecule has 1 fully saturated rings. The molecule has 158 valence electrons. The molecule has 10 heteroatoms. The fourth-order valence-electron chi connectivity index (χ4n) is 3.04. The van der Waals surface area contributed by atoms with Crippen LogP contribution in [-0.4, -0.2) is 78.2 Å². The van der Waals surface area contributed by atoms with Crippen LogP contribution in [0.5, 0.6) is 0 Å². The van der Waals surface area contributed by atoms with Gasteiger partial charge in [0.25, 0.3) is 0 Å². The van der Waals surface area contributed by atoms with Crippen molar-refractivity contribution in [3.8, 4) is 0 Å².